The molecular formula is C15H24N4O. The molecule has 0 aromatic carbocycles. The molecule has 5 nitrogen and oxygen atoms in total. The molecule has 20 heavy (non-hydrogen) atoms. The van der Waals surface area contributed by atoms with Gasteiger partial charge in [-0.25, -0.2) is 0 Å². The highest BCUT2D eigenvalue weighted by atomic mass is 16.3. The summed E-state index contributed by atoms with van der Waals surface area (Å²) in [6.45, 7) is 3.14. The largest absolute Gasteiger partial charge is 0.468 e. The predicted octanol–water partition coefficient (Wildman–Crippen LogP) is 1.74. The molecule has 1 aromatic rings. The third kappa shape index (κ3) is 3.33. The van der Waals surface area contributed by atoms with E-state index in [-0.39, 0.29) is 0 Å². The van der Waals surface area contributed by atoms with Gasteiger partial charge in [0.25, 0.3) is 0 Å². The van der Waals surface area contributed by atoms with Crippen molar-refractivity contribution in [3.05, 3.63) is 24.2 Å². The Hall–Kier alpha value is -1.49. The van der Waals surface area contributed by atoms with Crippen LogP contribution in [-0.2, 0) is 0 Å². The van der Waals surface area contributed by atoms with Crippen LogP contribution < -0.4 is 10.6 Å². The highest BCUT2D eigenvalue weighted by Crippen LogP contribution is 2.25. The van der Waals surface area contributed by atoms with Gasteiger partial charge in [0.1, 0.15) is 5.76 Å². The number of hydrogen-bond acceptors (Lipinski definition) is 3. The molecule has 2 aliphatic rings. The normalized spacial score (nSPS) is 21.9. The van der Waals surface area contributed by atoms with Crippen LogP contribution in [0.15, 0.2) is 27.8 Å². The van der Waals surface area contributed by atoms with Crippen molar-refractivity contribution in [2.75, 3.05) is 26.7 Å². The molecule has 1 saturated carbocycles. The highest BCUT2D eigenvalue weighted by Gasteiger charge is 2.27. The minimum absolute atomic E-state index is 0.297. The average Bonchev–Trinajstić information content (AvgIpc) is 2.97. The van der Waals surface area contributed by atoms with Gasteiger partial charge in [0, 0.05) is 19.6 Å². The lowest BCUT2D eigenvalue weighted by atomic mass is 10.2. The van der Waals surface area contributed by atoms with Gasteiger partial charge in [0.05, 0.1) is 12.3 Å². The van der Waals surface area contributed by atoms with Crippen molar-refractivity contribution < 1.29 is 4.42 Å². The molecule has 0 amide bonds. The smallest absolute Gasteiger partial charge is 0.191 e. The first kappa shape index (κ1) is 13.5. The molecule has 110 valence electrons. The Kier molecular flexibility index (Phi) is 4.25. The van der Waals surface area contributed by atoms with E-state index in [4.69, 9.17) is 4.42 Å². The molecule has 2 N–H and O–H groups in total. The van der Waals surface area contributed by atoms with E-state index in [0.717, 1.165) is 31.4 Å². The van der Waals surface area contributed by atoms with Gasteiger partial charge in [-0.05, 0) is 50.9 Å². The van der Waals surface area contributed by atoms with E-state index in [9.17, 15) is 0 Å². The van der Waals surface area contributed by atoms with Crippen LogP contribution in [-0.4, -0.2) is 43.6 Å². The first-order valence-electron chi connectivity index (χ1n) is 7.61. The third-order valence-electron chi connectivity index (χ3n) is 4.06. The van der Waals surface area contributed by atoms with Crippen molar-refractivity contribution in [3.8, 4) is 0 Å². The van der Waals surface area contributed by atoms with E-state index in [2.05, 4.69) is 26.6 Å². The minimum Gasteiger partial charge on any atom is -0.468 e. The summed E-state index contributed by atoms with van der Waals surface area (Å²) in [5, 5.41) is 6.86. The van der Waals surface area contributed by atoms with Crippen molar-refractivity contribution in [2.45, 2.75) is 37.8 Å². The maximum atomic E-state index is 5.63. The van der Waals surface area contributed by atoms with Crippen LogP contribution in [0.4, 0.5) is 0 Å². The monoisotopic (exact) mass is 276 g/mol. The van der Waals surface area contributed by atoms with Crippen molar-refractivity contribution in [2.24, 2.45) is 4.99 Å². The Labute approximate surface area is 120 Å². The Morgan fingerprint density at radius 3 is 2.85 bits per heavy atom. The minimum atomic E-state index is 0.297. The van der Waals surface area contributed by atoms with Gasteiger partial charge in [-0.2, -0.15) is 0 Å². The van der Waals surface area contributed by atoms with Crippen LogP contribution in [0.1, 0.15) is 37.5 Å². The van der Waals surface area contributed by atoms with Crippen LogP contribution in [0.2, 0.25) is 0 Å². The molecule has 1 atom stereocenters. The summed E-state index contributed by atoms with van der Waals surface area (Å²) < 4.78 is 5.63. The van der Waals surface area contributed by atoms with Gasteiger partial charge in [-0.3, -0.25) is 9.89 Å². The Morgan fingerprint density at radius 1 is 1.45 bits per heavy atom. The second kappa shape index (κ2) is 6.31. The fraction of sp³-hybridized carbons (Fsp3) is 0.667. The average molecular weight is 276 g/mol. The summed E-state index contributed by atoms with van der Waals surface area (Å²) in [7, 11) is 1.83. The van der Waals surface area contributed by atoms with E-state index in [1.807, 2.05) is 13.1 Å². The number of nitrogens with one attached hydrogen (secondary N) is 2. The highest BCUT2D eigenvalue weighted by molar-refractivity contribution is 5.80. The number of nitrogens with zero attached hydrogens (tertiary/aromatic N) is 2. The quantitative estimate of drug-likeness (QED) is 0.635. The second-order valence-corrected chi connectivity index (χ2v) is 5.65. The van der Waals surface area contributed by atoms with Crippen LogP contribution in [0.3, 0.4) is 0 Å². The molecular weight excluding hydrogens is 252 g/mol. The lowest BCUT2D eigenvalue weighted by Crippen LogP contribution is -2.43. The zero-order valence-electron chi connectivity index (χ0n) is 12.1. The first-order valence-corrected chi connectivity index (χ1v) is 7.61. The maximum absolute atomic E-state index is 5.63. The Bertz CT molecular complexity index is 433. The van der Waals surface area contributed by atoms with Gasteiger partial charge in [0.2, 0.25) is 0 Å². The molecule has 2 fully saturated rings. The fourth-order valence-corrected chi connectivity index (χ4v) is 2.75. The van der Waals surface area contributed by atoms with Gasteiger partial charge >= 0.3 is 0 Å². The Morgan fingerprint density at radius 2 is 2.25 bits per heavy atom. The zero-order valence-corrected chi connectivity index (χ0v) is 12.1. The predicted molar refractivity (Wildman–Crippen MR) is 79.8 cm³/mol. The van der Waals surface area contributed by atoms with Crippen LogP contribution in [0, 0.1) is 0 Å². The fourth-order valence-electron chi connectivity index (χ4n) is 2.75. The Balaban J connectivity index is 1.60. The molecule has 0 bridgehead atoms. The van der Waals surface area contributed by atoms with Gasteiger partial charge in [0.15, 0.2) is 5.96 Å². The topological polar surface area (TPSA) is 52.8 Å². The van der Waals surface area contributed by atoms with Crippen molar-refractivity contribution in [3.63, 3.8) is 0 Å². The van der Waals surface area contributed by atoms with Crippen LogP contribution >= 0.6 is 0 Å². The zero-order chi connectivity index (χ0) is 13.8. The number of furan rings is 1. The van der Waals surface area contributed by atoms with E-state index >= 15 is 0 Å². The molecule has 3 rings (SSSR count). The number of guanidine groups is 1. The standard InChI is InChI=1S/C15H24N4O/c1-16-15(18-12-6-7-12)17-11-13(14-5-4-10-20-14)19-8-2-3-9-19/h4-5,10,12-13H,2-3,6-9,11H2,1H3,(H2,16,17,18). The van der Waals surface area contributed by atoms with E-state index in [1.165, 1.54) is 25.7 Å². The van der Waals surface area contributed by atoms with E-state index in [0.29, 0.717) is 12.1 Å². The summed E-state index contributed by atoms with van der Waals surface area (Å²) in [5.41, 5.74) is 0. The molecule has 2 heterocycles. The van der Waals surface area contributed by atoms with E-state index < -0.39 is 0 Å². The van der Waals surface area contributed by atoms with Gasteiger partial charge < -0.3 is 15.1 Å². The molecule has 1 unspecified atom stereocenters. The molecule has 1 aliphatic heterocycles. The van der Waals surface area contributed by atoms with Gasteiger partial charge in [-0.15, -0.1) is 0 Å². The first-order chi connectivity index (χ1) is 9.86. The van der Waals surface area contributed by atoms with Crippen LogP contribution in [0.5, 0.6) is 0 Å². The van der Waals surface area contributed by atoms with E-state index in [1.54, 1.807) is 6.26 Å². The van der Waals surface area contributed by atoms with Crippen molar-refractivity contribution in [1.82, 2.24) is 15.5 Å². The maximum Gasteiger partial charge on any atom is 0.191 e. The number of aliphatic imine (C=N–C) groups is 1. The third-order valence-corrected chi connectivity index (χ3v) is 4.06. The summed E-state index contributed by atoms with van der Waals surface area (Å²) >= 11 is 0. The van der Waals surface area contributed by atoms with Crippen LogP contribution in [0.25, 0.3) is 0 Å². The molecule has 1 aromatic heterocycles. The van der Waals surface area contributed by atoms with Crippen molar-refractivity contribution in [1.29, 1.82) is 0 Å². The molecule has 1 aliphatic carbocycles. The molecule has 5 heteroatoms. The summed E-state index contributed by atoms with van der Waals surface area (Å²) in [5.74, 6) is 1.95. The molecule has 0 spiro atoms. The summed E-state index contributed by atoms with van der Waals surface area (Å²) in [6, 6.07) is 4.96. The van der Waals surface area contributed by atoms with Crippen molar-refractivity contribution >= 4 is 5.96 Å². The lowest BCUT2D eigenvalue weighted by molar-refractivity contribution is 0.215. The summed E-state index contributed by atoms with van der Waals surface area (Å²) in [4.78, 5) is 6.79. The van der Waals surface area contributed by atoms with Gasteiger partial charge in [-0.1, -0.05) is 0 Å². The number of rotatable bonds is 5. The lowest BCUT2D eigenvalue weighted by Gasteiger charge is -2.26. The summed E-state index contributed by atoms with van der Waals surface area (Å²) in [6.07, 6.45) is 6.84. The second-order valence-electron chi connectivity index (χ2n) is 5.65. The number of hydrogen-bond donors (Lipinski definition) is 2. The number of likely N-dealkylation sites (tertiary alicyclic amines) is 1. The molecule has 1 saturated heterocycles. The molecule has 0 radical (unpaired) electrons. The SMILES string of the molecule is CN=C(NCC(c1ccco1)N1CCCC1)NC1CC1.